The normalized spacial score (nSPS) is 17.3. The van der Waals surface area contributed by atoms with Crippen molar-refractivity contribution in [2.24, 2.45) is 0 Å². The highest BCUT2D eigenvalue weighted by Crippen LogP contribution is 2.15. The van der Waals surface area contributed by atoms with Crippen molar-refractivity contribution in [3.05, 3.63) is 29.8 Å². The van der Waals surface area contributed by atoms with E-state index < -0.39 is 5.97 Å². The van der Waals surface area contributed by atoms with Gasteiger partial charge in [0.25, 0.3) is 0 Å². The molecule has 1 aromatic carbocycles. The average molecular weight is 264 g/mol. The van der Waals surface area contributed by atoms with Gasteiger partial charge in [0.05, 0.1) is 0 Å². The van der Waals surface area contributed by atoms with Crippen molar-refractivity contribution in [2.45, 2.75) is 6.54 Å². The fraction of sp³-hybridized carbons (Fsp3) is 0.500. The predicted octanol–water partition coefficient (Wildman–Crippen LogP) is 0.897. The van der Waals surface area contributed by atoms with Crippen molar-refractivity contribution in [3.63, 3.8) is 0 Å². The molecule has 0 radical (unpaired) electrons. The van der Waals surface area contributed by atoms with Crippen molar-refractivity contribution in [1.82, 2.24) is 9.80 Å². The van der Waals surface area contributed by atoms with Crippen LogP contribution in [0.4, 0.5) is 0 Å². The minimum Gasteiger partial charge on any atom is -0.482 e. The molecule has 5 heteroatoms. The minimum atomic E-state index is -0.954. The number of carbonyl (C=O) groups is 1. The molecule has 0 saturated carbocycles. The number of carboxylic acids is 1. The van der Waals surface area contributed by atoms with Crippen LogP contribution in [0.2, 0.25) is 0 Å². The summed E-state index contributed by atoms with van der Waals surface area (Å²) in [5, 5.41) is 8.59. The van der Waals surface area contributed by atoms with E-state index >= 15 is 0 Å². The summed E-state index contributed by atoms with van der Waals surface area (Å²) in [7, 11) is 2.14. The van der Waals surface area contributed by atoms with Crippen LogP contribution in [0.15, 0.2) is 24.3 Å². The molecule has 1 aromatic rings. The van der Waals surface area contributed by atoms with Crippen LogP contribution in [0, 0.1) is 0 Å². The Hall–Kier alpha value is -1.59. The highest BCUT2D eigenvalue weighted by molar-refractivity contribution is 5.68. The number of ether oxygens (including phenoxy) is 1. The molecule has 0 atom stereocenters. The number of nitrogens with zero attached hydrogens (tertiary/aromatic N) is 2. The summed E-state index contributed by atoms with van der Waals surface area (Å²) in [6.45, 7) is 4.91. The van der Waals surface area contributed by atoms with Crippen LogP contribution in [0.25, 0.3) is 0 Å². The molecular weight excluding hydrogens is 244 g/mol. The Bertz CT molecular complexity index is 428. The number of rotatable bonds is 5. The lowest BCUT2D eigenvalue weighted by Gasteiger charge is -2.32. The lowest BCUT2D eigenvalue weighted by molar-refractivity contribution is -0.139. The van der Waals surface area contributed by atoms with E-state index in [1.807, 2.05) is 18.2 Å². The molecule has 1 N–H and O–H groups in total. The maximum Gasteiger partial charge on any atom is 0.341 e. The molecular formula is C14H20N2O3. The predicted molar refractivity (Wildman–Crippen MR) is 72.3 cm³/mol. The van der Waals surface area contributed by atoms with Gasteiger partial charge >= 0.3 is 5.97 Å². The van der Waals surface area contributed by atoms with Gasteiger partial charge in [0.2, 0.25) is 0 Å². The number of benzene rings is 1. The summed E-state index contributed by atoms with van der Waals surface area (Å²) in [5.74, 6) is -0.335. The zero-order valence-corrected chi connectivity index (χ0v) is 11.2. The van der Waals surface area contributed by atoms with E-state index in [2.05, 4.69) is 16.8 Å². The van der Waals surface area contributed by atoms with E-state index in [4.69, 9.17) is 9.84 Å². The molecule has 0 aliphatic carbocycles. The Balaban J connectivity index is 1.89. The lowest BCUT2D eigenvalue weighted by Crippen LogP contribution is -2.43. The second-order valence-electron chi connectivity index (χ2n) is 4.91. The first-order valence-electron chi connectivity index (χ1n) is 6.48. The summed E-state index contributed by atoms with van der Waals surface area (Å²) in [6, 6.07) is 7.66. The van der Waals surface area contributed by atoms with Gasteiger partial charge in [-0.15, -0.1) is 0 Å². The Morgan fingerprint density at radius 2 is 2.05 bits per heavy atom. The van der Waals surface area contributed by atoms with Crippen LogP contribution >= 0.6 is 0 Å². The van der Waals surface area contributed by atoms with Crippen molar-refractivity contribution in [2.75, 3.05) is 39.8 Å². The molecule has 1 fully saturated rings. The van der Waals surface area contributed by atoms with E-state index in [-0.39, 0.29) is 6.61 Å². The van der Waals surface area contributed by atoms with Crippen molar-refractivity contribution < 1.29 is 14.6 Å². The number of piperazine rings is 1. The van der Waals surface area contributed by atoms with Crippen LogP contribution in [0.1, 0.15) is 5.56 Å². The van der Waals surface area contributed by atoms with Crippen LogP contribution < -0.4 is 4.74 Å². The molecule has 0 bridgehead atoms. The van der Waals surface area contributed by atoms with Gasteiger partial charge in [-0.3, -0.25) is 4.90 Å². The van der Waals surface area contributed by atoms with Gasteiger partial charge < -0.3 is 14.7 Å². The van der Waals surface area contributed by atoms with Crippen LogP contribution in [0.3, 0.4) is 0 Å². The van der Waals surface area contributed by atoms with Gasteiger partial charge in [0.15, 0.2) is 6.61 Å². The summed E-state index contributed by atoms with van der Waals surface area (Å²) in [4.78, 5) is 15.2. The van der Waals surface area contributed by atoms with Crippen LogP contribution in [0.5, 0.6) is 5.75 Å². The second-order valence-corrected chi connectivity index (χ2v) is 4.91. The summed E-state index contributed by atoms with van der Waals surface area (Å²) in [5.41, 5.74) is 1.16. The van der Waals surface area contributed by atoms with Gasteiger partial charge in [-0.05, 0) is 24.7 Å². The number of hydrogen-bond donors (Lipinski definition) is 1. The second kappa shape index (κ2) is 6.54. The zero-order valence-electron chi connectivity index (χ0n) is 11.2. The molecule has 104 valence electrons. The van der Waals surface area contributed by atoms with Gasteiger partial charge in [0.1, 0.15) is 5.75 Å². The van der Waals surface area contributed by atoms with Crippen molar-refractivity contribution in [3.8, 4) is 5.75 Å². The maximum atomic E-state index is 10.5. The van der Waals surface area contributed by atoms with Crippen LogP contribution in [-0.2, 0) is 11.3 Å². The fourth-order valence-corrected chi connectivity index (χ4v) is 2.14. The van der Waals surface area contributed by atoms with Gasteiger partial charge in [-0.2, -0.15) is 0 Å². The standard InChI is InChI=1S/C14H20N2O3/c1-15-5-7-16(8-6-15)10-12-3-2-4-13(9-12)19-11-14(17)18/h2-4,9H,5-8,10-11H2,1H3,(H,17,18). The topological polar surface area (TPSA) is 53.0 Å². The molecule has 1 aliphatic heterocycles. The van der Waals surface area contributed by atoms with Crippen LogP contribution in [-0.4, -0.2) is 60.7 Å². The third-order valence-electron chi connectivity index (χ3n) is 3.26. The maximum absolute atomic E-state index is 10.5. The summed E-state index contributed by atoms with van der Waals surface area (Å²) < 4.78 is 5.19. The van der Waals surface area contributed by atoms with E-state index in [1.54, 1.807) is 6.07 Å². The lowest BCUT2D eigenvalue weighted by atomic mass is 10.2. The quantitative estimate of drug-likeness (QED) is 0.856. The molecule has 1 aliphatic rings. The molecule has 2 rings (SSSR count). The third kappa shape index (κ3) is 4.54. The SMILES string of the molecule is CN1CCN(Cc2cccc(OCC(=O)O)c2)CC1. The Morgan fingerprint density at radius 1 is 1.32 bits per heavy atom. The molecule has 19 heavy (non-hydrogen) atoms. The minimum absolute atomic E-state index is 0.294. The Kier molecular flexibility index (Phi) is 4.76. The molecule has 1 heterocycles. The summed E-state index contributed by atoms with van der Waals surface area (Å²) >= 11 is 0. The van der Waals surface area contributed by atoms with E-state index in [9.17, 15) is 4.79 Å². The molecule has 0 aromatic heterocycles. The van der Waals surface area contributed by atoms with Gasteiger partial charge in [-0.1, -0.05) is 12.1 Å². The largest absolute Gasteiger partial charge is 0.482 e. The molecule has 0 amide bonds. The number of carboxylic acid groups (broad SMARTS) is 1. The number of hydrogen-bond acceptors (Lipinski definition) is 4. The fourth-order valence-electron chi connectivity index (χ4n) is 2.14. The number of aliphatic carboxylic acids is 1. The highest BCUT2D eigenvalue weighted by Gasteiger charge is 2.13. The first-order valence-corrected chi connectivity index (χ1v) is 6.48. The molecule has 0 spiro atoms. The highest BCUT2D eigenvalue weighted by atomic mass is 16.5. The Morgan fingerprint density at radius 3 is 2.74 bits per heavy atom. The Labute approximate surface area is 113 Å². The molecule has 1 saturated heterocycles. The van der Waals surface area contributed by atoms with Gasteiger partial charge in [0, 0.05) is 32.7 Å². The summed E-state index contributed by atoms with van der Waals surface area (Å²) in [6.07, 6.45) is 0. The first-order chi connectivity index (χ1) is 9.13. The van der Waals surface area contributed by atoms with E-state index in [1.165, 1.54) is 0 Å². The average Bonchev–Trinajstić information content (AvgIpc) is 2.40. The van der Waals surface area contributed by atoms with E-state index in [0.717, 1.165) is 38.3 Å². The van der Waals surface area contributed by atoms with Crippen molar-refractivity contribution in [1.29, 1.82) is 0 Å². The van der Waals surface area contributed by atoms with Gasteiger partial charge in [-0.25, -0.2) is 4.79 Å². The van der Waals surface area contributed by atoms with E-state index in [0.29, 0.717) is 5.75 Å². The monoisotopic (exact) mass is 264 g/mol. The molecule has 5 nitrogen and oxygen atoms in total. The number of likely N-dealkylation sites (N-methyl/N-ethyl adjacent to an activating group) is 1. The zero-order chi connectivity index (χ0) is 13.7. The molecule has 0 unspecified atom stereocenters. The van der Waals surface area contributed by atoms with Crippen molar-refractivity contribution >= 4 is 5.97 Å². The third-order valence-corrected chi connectivity index (χ3v) is 3.26. The first kappa shape index (κ1) is 13.8. The smallest absolute Gasteiger partial charge is 0.341 e.